The molecule has 0 heterocycles. The van der Waals surface area contributed by atoms with Gasteiger partial charge in [-0.3, -0.25) is 0 Å². The molecule has 0 saturated heterocycles. The highest BCUT2D eigenvalue weighted by atomic mass is 14.9. The number of rotatable bonds is 12. The molecule has 0 radical (unpaired) electrons. The maximum Gasteiger partial charge on any atom is 0.000761 e. The average molecular weight is 255 g/mol. The highest BCUT2D eigenvalue weighted by Gasteiger charge is 2.26. The van der Waals surface area contributed by atoms with Crippen LogP contribution in [0.25, 0.3) is 0 Å². The minimum absolute atomic E-state index is 0.486. The van der Waals surface area contributed by atoms with Crippen molar-refractivity contribution in [3.8, 4) is 0 Å². The van der Waals surface area contributed by atoms with Crippen molar-refractivity contribution < 1.29 is 0 Å². The van der Waals surface area contributed by atoms with Crippen LogP contribution in [0, 0.1) is 11.3 Å². The van der Waals surface area contributed by atoms with Crippen LogP contribution >= 0.6 is 0 Å². The summed E-state index contributed by atoms with van der Waals surface area (Å²) in [5.41, 5.74) is 0.486. The summed E-state index contributed by atoms with van der Waals surface area (Å²) in [6.45, 7) is 14.1. The molecule has 0 amide bonds. The summed E-state index contributed by atoms with van der Waals surface area (Å²) in [6.07, 6.45) is 11.1. The molecular formula is C17H37N. The Balaban J connectivity index is 3.81. The molecular weight excluding hydrogens is 218 g/mol. The summed E-state index contributed by atoms with van der Waals surface area (Å²) in [5, 5.41) is 3.62. The summed E-state index contributed by atoms with van der Waals surface area (Å²) < 4.78 is 0. The molecule has 1 unspecified atom stereocenters. The van der Waals surface area contributed by atoms with E-state index >= 15 is 0 Å². The maximum absolute atomic E-state index is 3.62. The second-order valence-electron chi connectivity index (χ2n) is 6.50. The van der Waals surface area contributed by atoms with E-state index in [1.165, 1.54) is 64.5 Å². The third-order valence-electron chi connectivity index (χ3n) is 4.45. The zero-order valence-corrected chi connectivity index (χ0v) is 13.6. The first-order chi connectivity index (χ1) is 8.56. The van der Waals surface area contributed by atoms with Gasteiger partial charge in [0, 0.05) is 6.54 Å². The summed E-state index contributed by atoms with van der Waals surface area (Å²) in [4.78, 5) is 0. The van der Waals surface area contributed by atoms with E-state index in [4.69, 9.17) is 0 Å². The largest absolute Gasteiger partial charge is 0.316 e. The minimum atomic E-state index is 0.486. The predicted molar refractivity (Wildman–Crippen MR) is 84.1 cm³/mol. The van der Waals surface area contributed by atoms with Crippen LogP contribution in [0.3, 0.4) is 0 Å². The maximum atomic E-state index is 3.62. The standard InChI is InChI=1S/C17H37N/c1-6-8-9-10-11-12-13-17(5,16(3)4)15-18-14-7-2/h16,18H,6-15H2,1-5H3. The van der Waals surface area contributed by atoms with Crippen LogP contribution < -0.4 is 5.32 Å². The van der Waals surface area contributed by atoms with Crippen molar-refractivity contribution in [2.75, 3.05) is 13.1 Å². The molecule has 0 saturated carbocycles. The second-order valence-corrected chi connectivity index (χ2v) is 6.50. The Morgan fingerprint density at radius 3 is 2.06 bits per heavy atom. The molecule has 1 nitrogen and oxygen atoms in total. The smallest absolute Gasteiger partial charge is 0.000761 e. The Kier molecular flexibility index (Phi) is 10.8. The van der Waals surface area contributed by atoms with E-state index in [1.807, 2.05) is 0 Å². The molecule has 0 rings (SSSR count). The quantitative estimate of drug-likeness (QED) is 0.460. The molecule has 0 aliphatic rings. The second kappa shape index (κ2) is 10.8. The van der Waals surface area contributed by atoms with Gasteiger partial charge in [-0.05, 0) is 30.7 Å². The highest BCUT2D eigenvalue weighted by Crippen LogP contribution is 2.32. The fourth-order valence-corrected chi connectivity index (χ4v) is 2.44. The molecule has 0 fully saturated rings. The van der Waals surface area contributed by atoms with E-state index in [9.17, 15) is 0 Å². The normalized spacial score (nSPS) is 15.0. The van der Waals surface area contributed by atoms with E-state index in [1.54, 1.807) is 0 Å². The van der Waals surface area contributed by atoms with Crippen LogP contribution in [0.15, 0.2) is 0 Å². The van der Waals surface area contributed by atoms with Gasteiger partial charge in [0.15, 0.2) is 0 Å². The van der Waals surface area contributed by atoms with Crippen molar-refractivity contribution >= 4 is 0 Å². The topological polar surface area (TPSA) is 12.0 Å². The highest BCUT2D eigenvalue weighted by molar-refractivity contribution is 4.80. The number of nitrogens with one attached hydrogen (secondary N) is 1. The Morgan fingerprint density at radius 2 is 1.50 bits per heavy atom. The van der Waals surface area contributed by atoms with E-state index in [-0.39, 0.29) is 0 Å². The third kappa shape index (κ3) is 8.13. The minimum Gasteiger partial charge on any atom is -0.316 e. The average Bonchev–Trinajstić information content (AvgIpc) is 2.34. The van der Waals surface area contributed by atoms with Gasteiger partial charge in [0.05, 0.1) is 0 Å². The van der Waals surface area contributed by atoms with Crippen LogP contribution in [0.4, 0.5) is 0 Å². The first-order valence-electron chi connectivity index (χ1n) is 8.27. The van der Waals surface area contributed by atoms with Gasteiger partial charge < -0.3 is 5.32 Å². The number of hydrogen-bond acceptors (Lipinski definition) is 1. The van der Waals surface area contributed by atoms with Crippen molar-refractivity contribution in [2.24, 2.45) is 11.3 Å². The lowest BCUT2D eigenvalue weighted by atomic mass is 9.75. The lowest BCUT2D eigenvalue weighted by molar-refractivity contribution is 0.185. The van der Waals surface area contributed by atoms with Gasteiger partial charge >= 0.3 is 0 Å². The monoisotopic (exact) mass is 255 g/mol. The third-order valence-corrected chi connectivity index (χ3v) is 4.45. The predicted octanol–water partition coefficient (Wildman–Crippen LogP) is 5.40. The van der Waals surface area contributed by atoms with Crippen LogP contribution in [-0.2, 0) is 0 Å². The molecule has 110 valence electrons. The molecule has 0 bridgehead atoms. The SMILES string of the molecule is CCCCCCCCC(C)(CNCCC)C(C)C. The van der Waals surface area contributed by atoms with Crippen molar-refractivity contribution in [3.05, 3.63) is 0 Å². The Bertz CT molecular complexity index is 176. The summed E-state index contributed by atoms with van der Waals surface area (Å²) in [5.74, 6) is 0.775. The van der Waals surface area contributed by atoms with Crippen LogP contribution in [0.1, 0.15) is 86.0 Å². The zero-order chi connectivity index (χ0) is 13.9. The molecule has 0 aliphatic heterocycles. The number of unbranched alkanes of at least 4 members (excludes halogenated alkanes) is 5. The summed E-state index contributed by atoms with van der Waals surface area (Å²) in [7, 11) is 0. The van der Waals surface area contributed by atoms with Crippen molar-refractivity contribution in [1.82, 2.24) is 5.32 Å². The van der Waals surface area contributed by atoms with E-state index in [0.717, 1.165) is 5.92 Å². The van der Waals surface area contributed by atoms with Crippen LogP contribution in [-0.4, -0.2) is 13.1 Å². The molecule has 0 spiro atoms. The van der Waals surface area contributed by atoms with Gasteiger partial charge in [-0.1, -0.05) is 73.1 Å². The molecule has 1 atom stereocenters. The Morgan fingerprint density at radius 1 is 0.889 bits per heavy atom. The van der Waals surface area contributed by atoms with Crippen LogP contribution in [0.2, 0.25) is 0 Å². The Hall–Kier alpha value is -0.0400. The lowest BCUT2D eigenvalue weighted by Crippen LogP contribution is -2.36. The van der Waals surface area contributed by atoms with Crippen LogP contribution in [0.5, 0.6) is 0 Å². The molecule has 1 heteroatoms. The summed E-state index contributed by atoms with van der Waals surface area (Å²) >= 11 is 0. The number of hydrogen-bond donors (Lipinski definition) is 1. The first-order valence-corrected chi connectivity index (χ1v) is 8.27. The van der Waals surface area contributed by atoms with E-state index in [0.29, 0.717) is 5.41 Å². The van der Waals surface area contributed by atoms with Crippen molar-refractivity contribution in [3.63, 3.8) is 0 Å². The van der Waals surface area contributed by atoms with Gasteiger partial charge in [-0.25, -0.2) is 0 Å². The van der Waals surface area contributed by atoms with Crippen molar-refractivity contribution in [2.45, 2.75) is 86.0 Å². The van der Waals surface area contributed by atoms with Gasteiger partial charge in [-0.2, -0.15) is 0 Å². The molecule has 0 aromatic rings. The van der Waals surface area contributed by atoms with E-state index < -0.39 is 0 Å². The molecule has 0 aromatic carbocycles. The van der Waals surface area contributed by atoms with Gasteiger partial charge in [-0.15, -0.1) is 0 Å². The fraction of sp³-hybridized carbons (Fsp3) is 1.00. The van der Waals surface area contributed by atoms with Gasteiger partial charge in [0.25, 0.3) is 0 Å². The zero-order valence-electron chi connectivity index (χ0n) is 13.6. The molecule has 18 heavy (non-hydrogen) atoms. The van der Waals surface area contributed by atoms with Crippen molar-refractivity contribution in [1.29, 1.82) is 0 Å². The molecule has 1 N–H and O–H groups in total. The first kappa shape index (κ1) is 18.0. The fourth-order valence-electron chi connectivity index (χ4n) is 2.44. The van der Waals surface area contributed by atoms with E-state index in [2.05, 4.69) is 39.9 Å². The van der Waals surface area contributed by atoms with Gasteiger partial charge in [0.2, 0.25) is 0 Å². The van der Waals surface area contributed by atoms with Gasteiger partial charge in [0.1, 0.15) is 0 Å². The Labute approximate surface area is 116 Å². The lowest BCUT2D eigenvalue weighted by Gasteiger charge is -2.34. The summed E-state index contributed by atoms with van der Waals surface area (Å²) in [6, 6.07) is 0. The molecule has 0 aliphatic carbocycles. The molecule has 0 aromatic heterocycles.